The topological polar surface area (TPSA) is 49.4 Å². The second-order valence-electron chi connectivity index (χ2n) is 5.32. The Labute approximate surface area is 144 Å². The van der Waals surface area contributed by atoms with Gasteiger partial charge < -0.3 is 4.90 Å². The lowest BCUT2D eigenvalue weighted by atomic mass is 9.99. The van der Waals surface area contributed by atoms with Gasteiger partial charge in [-0.2, -0.15) is 0 Å². The third kappa shape index (κ3) is 4.56. The number of hydrogen-bond acceptors (Lipinski definition) is 3. The molecule has 21 heavy (non-hydrogen) atoms. The van der Waals surface area contributed by atoms with Gasteiger partial charge in [-0.25, -0.2) is 13.1 Å². The highest BCUT2D eigenvalue weighted by Gasteiger charge is 2.25. The van der Waals surface area contributed by atoms with Crippen LogP contribution in [0.15, 0.2) is 21.5 Å². The number of nitrogens with zero attached hydrogens (tertiary/aromatic N) is 1. The second-order valence-corrected chi connectivity index (χ2v) is 8.75. The van der Waals surface area contributed by atoms with E-state index in [4.69, 9.17) is 23.2 Å². The number of likely N-dealkylation sites (tertiary alicyclic amines) is 1. The minimum absolute atomic E-state index is 0.0572. The second kappa shape index (κ2) is 7.15. The zero-order valence-corrected chi connectivity index (χ0v) is 15.5. The SMILES string of the molecule is CN1CCCC(CNS(=O)(=O)c2c(Cl)cc(Br)cc2Cl)C1. The lowest BCUT2D eigenvalue weighted by Crippen LogP contribution is -2.39. The van der Waals surface area contributed by atoms with Crippen molar-refractivity contribution in [3.63, 3.8) is 0 Å². The van der Waals surface area contributed by atoms with Gasteiger partial charge in [-0.05, 0) is 44.5 Å². The summed E-state index contributed by atoms with van der Waals surface area (Å²) < 4.78 is 28.1. The number of nitrogens with one attached hydrogen (secondary N) is 1. The summed E-state index contributed by atoms with van der Waals surface area (Å²) in [6, 6.07) is 3.05. The molecule has 0 radical (unpaired) electrons. The third-order valence-corrected chi connectivity index (χ3v) is 6.32. The van der Waals surface area contributed by atoms with E-state index in [1.165, 1.54) is 12.1 Å². The van der Waals surface area contributed by atoms with Crippen LogP contribution in [0.4, 0.5) is 0 Å². The fraction of sp³-hybridized carbons (Fsp3) is 0.538. The van der Waals surface area contributed by atoms with Crippen molar-refractivity contribution < 1.29 is 8.42 Å². The average molecular weight is 416 g/mol. The Balaban J connectivity index is 2.12. The molecule has 1 aromatic rings. The maximum Gasteiger partial charge on any atom is 0.243 e. The summed E-state index contributed by atoms with van der Waals surface area (Å²) >= 11 is 15.3. The molecule has 1 aliphatic rings. The summed E-state index contributed by atoms with van der Waals surface area (Å²) in [5.74, 6) is 0.312. The molecule has 1 atom stereocenters. The van der Waals surface area contributed by atoms with Crippen LogP contribution in [-0.4, -0.2) is 40.0 Å². The van der Waals surface area contributed by atoms with Gasteiger partial charge in [0.15, 0.2) is 0 Å². The summed E-state index contributed by atoms with van der Waals surface area (Å²) in [6.45, 7) is 2.35. The Hall–Kier alpha value is 0.150. The molecule has 4 nitrogen and oxygen atoms in total. The highest BCUT2D eigenvalue weighted by atomic mass is 79.9. The van der Waals surface area contributed by atoms with Crippen LogP contribution in [-0.2, 0) is 10.0 Å². The van der Waals surface area contributed by atoms with Gasteiger partial charge in [0.25, 0.3) is 0 Å². The van der Waals surface area contributed by atoms with Gasteiger partial charge in [-0.15, -0.1) is 0 Å². The molecule has 0 amide bonds. The van der Waals surface area contributed by atoms with Crippen LogP contribution < -0.4 is 4.72 Å². The van der Waals surface area contributed by atoms with Gasteiger partial charge >= 0.3 is 0 Å². The van der Waals surface area contributed by atoms with Gasteiger partial charge in [0.2, 0.25) is 10.0 Å². The zero-order valence-electron chi connectivity index (χ0n) is 11.6. The first kappa shape index (κ1) is 17.5. The van der Waals surface area contributed by atoms with E-state index in [9.17, 15) is 8.42 Å². The van der Waals surface area contributed by atoms with Gasteiger partial charge in [0.05, 0.1) is 10.0 Å². The molecule has 118 valence electrons. The van der Waals surface area contributed by atoms with Gasteiger partial charge in [-0.3, -0.25) is 0 Å². The van der Waals surface area contributed by atoms with Crippen LogP contribution in [0.5, 0.6) is 0 Å². The van der Waals surface area contributed by atoms with E-state index in [-0.39, 0.29) is 14.9 Å². The number of benzene rings is 1. The molecule has 0 aromatic heterocycles. The number of rotatable bonds is 4. The smallest absolute Gasteiger partial charge is 0.243 e. The maximum absolute atomic E-state index is 12.4. The van der Waals surface area contributed by atoms with Gasteiger partial charge in [0.1, 0.15) is 4.90 Å². The quantitative estimate of drug-likeness (QED) is 0.819. The molecule has 0 aliphatic carbocycles. The number of sulfonamides is 1. The zero-order chi connectivity index (χ0) is 15.6. The molecule has 1 saturated heterocycles. The predicted octanol–water partition coefficient (Wildman–Crippen LogP) is 3.38. The largest absolute Gasteiger partial charge is 0.306 e. The summed E-state index contributed by atoms with van der Waals surface area (Å²) in [5.41, 5.74) is 0. The Morgan fingerprint density at radius 1 is 1.38 bits per heavy atom. The van der Waals surface area contributed by atoms with Crippen molar-refractivity contribution in [1.29, 1.82) is 0 Å². The molecule has 1 unspecified atom stereocenters. The summed E-state index contributed by atoms with van der Waals surface area (Å²) in [7, 11) is -1.66. The van der Waals surface area contributed by atoms with Crippen LogP contribution in [0.3, 0.4) is 0 Å². The lowest BCUT2D eigenvalue weighted by molar-refractivity contribution is 0.211. The van der Waals surface area contributed by atoms with Crippen molar-refractivity contribution in [2.75, 3.05) is 26.7 Å². The average Bonchev–Trinajstić information content (AvgIpc) is 2.35. The summed E-state index contributed by atoms with van der Waals surface area (Å²) in [4.78, 5) is 2.15. The van der Waals surface area contributed by atoms with E-state index in [0.29, 0.717) is 16.9 Å². The minimum atomic E-state index is -3.71. The molecular formula is C13H17BrCl2N2O2S. The Kier molecular flexibility index (Phi) is 5.96. The van der Waals surface area contributed by atoms with Crippen molar-refractivity contribution in [3.8, 4) is 0 Å². The summed E-state index contributed by atoms with van der Waals surface area (Å²) in [6.07, 6.45) is 2.11. The number of halogens is 3. The number of hydrogen-bond donors (Lipinski definition) is 1. The molecule has 8 heteroatoms. The maximum atomic E-state index is 12.4. The molecule has 2 rings (SSSR count). The molecule has 0 spiro atoms. The molecule has 1 fully saturated rings. The number of piperidine rings is 1. The van der Waals surface area contributed by atoms with E-state index in [1.54, 1.807) is 0 Å². The van der Waals surface area contributed by atoms with Crippen LogP contribution in [0.25, 0.3) is 0 Å². The Morgan fingerprint density at radius 2 is 2.00 bits per heavy atom. The van der Waals surface area contributed by atoms with E-state index in [0.717, 1.165) is 25.9 Å². The molecule has 0 bridgehead atoms. The van der Waals surface area contributed by atoms with E-state index in [2.05, 4.69) is 25.6 Å². The van der Waals surface area contributed by atoms with E-state index in [1.807, 2.05) is 7.05 Å². The van der Waals surface area contributed by atoms with Crippen LogP contribution in [0, 0.1) is 5.92 Å². The highest BCUT2D eigenvalue weighted by molar-refractivity contribution is 9.10. The van der Waals surface area contributed by atoms with Crippen molar-refractivity contribution in [2.24, 2.45) is 5.92 Å². The first-order valence-corrected chi connectivity index (χ1v) is 9.65. The van der Waals surface area contributed by atoms with Crippen LogP contribution >= 0.6 is 39.1 Å². The molecule has 0 saturated carbocycles. The lowest BCUT2D eigenvalue weighted by Gasteiger charge is -2.29. The van der Waals surface area contributed by atoms with Gasteiger partial charge in [0, 0.05) is 17.6 Å². The molecule has 1 aromatic carbocycles. The molecule has 1 heterocycles. The molecule has 1 N–H and O–H groups in total. The fourth-order valence-electron chi connectivity index (χ4n) is 2.53. The monoisotopic (exact) mass is 414 g/mol. The van der Waals surface area contributed by atoms with Crippen molar-refractivity contribution >= 4 is 49.2 Å². The van der Waals surface area contributed by atoms with Crippen molar-refractivity contribution in [2.45, 2.75) is 17.7 Å². The summed E-state index contributed by atoms with van der Waals surface area (Å²) in [5, 5.41) is 0.227. The van der Waals surface area contributed by atoms with Gasteiger partial charge in [-0.1, -0.05) is 39.1 Å². The van der Waals surface area contributed by atoms with E-state index >= 15 is 0 Å². The normalized spacial score (nSPS) is 20.7. The first-order valence-electron chi connectivity index (χ1n) is 6.62. The molecular weight excluding hydrogens is 399 g/mol. The Morgan fingerprint density at radius 3 is 2.57 bits per heavy atom. The van der Waals surface area contributed by atoms with E-state index < -0.39 is 10.0 Å². The predicted molar refractivity (Wildman–Crippen MR) is 89.6 cm³/mol. The highest BCUT2D eigenvalue weighted by Crippen LogP contribution is 2.32. The van der Waals surface area contributed by atoms with Crippen molar-refractivity contribution in [1.82, 2.24) is 9.62 Å². The standard InChI is InChI=1S/C13H17BrCl2N2O2S/c1-18-4-2-3-9(8-18)7-17-21(19,20)13-11(15)5-10(14)6-12(13)16/h5-6,9,17H,2-4,7-8H2,1H3. The van der Waals surface area contributed by atoms with Crippen LogP contribution in [0.1, 0.15) is 12.8 Å². The third-order valence-electron chi connectivity index (χ3n) is 3.52. The fourth-order valence-corrected chi connectivity index (χ4v) is 5.57. The van der Waals surface area contributed by atoms with Crippen molar-refractivity contribution in [3.05, 3.63) is 26.7 Å². The molecule has 1 aliphatic heterocycles. The van der Waals surface area contributed by atoms with Crippen LogP contribution in [0.2, 0.25) is 10.0 Å². The first-order chi connectivity index (χ1) is 9.79. The Bertz CT molecular complexity index is 602. The minimum Gasteiger partial charge on any atom is -0.306 e.